The van der Waals surface area contributed by atoms with E-state index in [2.05, 4.69) is 26.0 Å². The fourth-order valence-corrected chi connectivity index (χ4v) is 3.47. The Labute approximate surface area is 164 Å². The number of carbonyl (C=O) groups is 2. The predicted octanol–water partition coefficient (Wildman–Crippen LogP) is 1.72. The van der Waals surface area contributed by atoms with Crippen LogP contribution >= 0.6 is 0 Å². The number of aromatic nitrogens is 3. The first-order valence-corrected chi connectivity index (χ1v) is 9.50. The molecule has 0 bridgehead atoms. The minimum absolute atomic E-state index is 0.103. The number of piperidine rings is 1. The SMILES string of the molecule is O=C1NC(=O)C(=Cc2cnn3c(NC4CC4)cc(N4CCC(F)(F)CC4)nc23)N1. The first-order chi connectivity index (χ1) is 13.9. The largest absolute Gasteiger partial charge is 0.367 e. The second-order valence-electron chi connectivity index (χ2n) is 7.56. The Bertz CT molecular complexity index is 1030. The van der Waals surface area contributed by atoms with E-state index in [4.69, 9.17) is 0 Å². The van der Waals surface area contributed by atoms with E-state index in [-0.39, 0.29) is 31.6 Å². The van der Waals surface area contributed by atoms with Crippen LogP contribution in [0.15, 0.2) is 18.0 Å². The van der Waals surface area contributed by atoms with Gasteiger partial charge in [0.15, 0.2) is 5.65 Å². The molecule has 2 saturated heterocycles. The Morgan fingerprint density at radius 3 is 2.62 bits per heavy atom. The van der Waals surface area contributed by atoms with E-state index in [9.17, 15) is 18.4 Å². The first kappa shape index (κ1) is 17.8. The molecule has 9 nitrogen and oxygen atoms in total. The van der Waals surface area contributed by atoms with Crippen molar-refractivity contribution in [2.45, 2.75) is 37.6 Å². The van der Waals surface area contributed by atoms with Gasteiger partial charge in [0.05, 0.1) is 6.20 Å². The van der Waals surface area contributed by atoms with Crippen molar-refractivity contribution < 1.29 is 18.4 Å². The standard InChI is InChI=1S/C18H19F2N7O2/c19-18(20)3-5-26(6-4-18)13-8-14(22-11-1-2-11)27-15(24-13)10(9-21-27)7-12-16(28)25-17(29)23-12/h7-9,11,22H,1-6H2,(H2,23,25,28,29). The van der Waals surface area contributed by atoms with Crippen LogP contribution in [-0.2, 0) is 4.79 Å². The van der Waals surface area contributed by atoms with Crippen molar-refractivity contribution in [2.75, 3.05) is 23.3 Å². The summed E-state index contributed by atoms with van der Waals surface area (Å²) in [5.41, 5.74) is 1.12. The number of nitrogens with zero attached hydrogens (tertiary/aromatic N) is 4. The van der Waals surface area contributed by atoms with Crippen LogP contribution in [0, 0.1) is 0 Å². The van der Waals surface area contributed by atoms with Gasteiger partial charge in [-0.1, -0.05) is 0 Å². The number of imide groups is 1. The van der Waals surface area contributed by atoms with Gasteiger partial charge in [-0.15, -0.1) is 0 Å². The van der Waals surface area contributed by atoms with Gasteiger partial charge in [0.25, 0.3) is 11.8 Å². The minimum Gasteiger partial charge on any atom is -0.367 e. The Kier molecular flexibility index (Phi) is 3.93. The number of carbonyl (C=O) groups excluding carboxylic acids is 2. The summed E-state index contributed by atoms with van der Waals surface area (Å²) in [6.07, 6.45) is 4.74. The third-order valence-corrected chi connectivity index (χ3v) is 5.25. The van der Waals surface area contributed by atoms with Crippen molar-refractivity contribution in [3.05, 3.63) is 23.5 Å². The number of anilines is 2. The van der Waals surface area contributed by atoms with Crippen LogP contribution < -0.4 is 20.9 Å². The zero-order valence-corrected chi connectivity index (χ0v) is 15.4. The topological polar surface area (TPSA) is 104 Å². The molecule has 0 radical (unpaired) electrons. The van der Waals surface area contributed by atoms with Crippen molar-refractivity contribution in [3.63, 3.8) is 0 Å². The molecular formula is C18H19F2N7O2. The number of urea groups is 1. The van der Waals surface area contributed by atoms with Gasteiger partial charge in [0.1, 0.15) is 17.3 Å². The van der Waals surface area contributed by atoms with Crippen molar-refractivity contribution in [1.82, 2.24) is 25.2 Å². The zero-order valence-electron chi connectivity index (χ0n) is 15.4. The van der Waals surface area contributed by atoms with Crippen LogP contribution in [0.3, 0.4) is 0 Å². The number of hydrogen-bond acceptors (Lipinski definition) is 6. The number of hydrogen-bond donors (Lipinski definition) is 3. The highest BCUT2D eigenvalue weighted by atomic mass is 19.3. The smallest absolute Gasteiger partial charge is 0.326 e. The molecule has 5 rings (SSSR count). The quantitative estimate of drug-likeness (QED) is 0.531. The highest BCUT2D eigenvalue weighted by Gasteiger charge is 2.35. The van der Waals surface area contributed by atoms with Gasteiger partial charge in [0, 0.05) is 43.6 Å². The molecule has 4 heterocycles. The van der Waals surface area contributed by atoms with Crippen molar-refractivity contribution in [1.29, 1.82) is 0 Å². The minimum atomic E-state index is -2.64. The summed E-state index contributed by atoms with van der Waals surface area (Å²) in [5.74, 6) is -1.87. The zero-order chi connectivity index (χ0) is 20.2. The number of nitrogens with one attached hydrogen (secondary N) is 3. The molecule has 2 aromatic heterocycles. The van der Waals surface area contributed by atoms with E-state index in [1.165, 1.54) is 6.08 Å². The van der Waals surface area contributed by atoms with Gasteiger partial charge in [-0.05, 0) is 18.9 Å². The Morgan fingerprint density at radius 2 is 1.97 bits per heavy atom. The van der Waals surface area contributed by atoms with Crippen LogP contribution in [0.25, 0.3) is 11.7 Å². The third-order valence-electron chi connectivity index (χ3n) is 5.25. The van der Waals surface area contributed by atoms with E-state index >= 15 is 0 Å². The molecule has 3 amide bonds. The lowest BCUT2D eigenvalue weighted by atomic mass is 10.1. The van der Waals surface area contributed by atoms with Crippen LogP contribution in [0.4, 0.5) is 25.2 Å². The van der Waals surface area contributed by atoms with Gasteiger partial charge in [-0.3, -0.25) is 10.1 Å². The average molecular weight is 403 g/mol. The van der Waals surface area contributed by atoms with Gasteiger partial charge < -0.3 is 15.5 Å². The summed E-state index contributed by atoms with van der Waals surface area (Å²) in [4.78, 5) is 29.7. The molecule has 2 aliphatic heterocycles. The van der Waals surface area contributed by atoms with Crippen molar-refractivity contribution >= 4 is 35.3 Å². The van der Waals surface area contributed by atoms with E-state index in [0.717, 1.165) is 18.7 Å². The Balaban J connectivity index is 1.55. The molecule has 0 unspecified atom stereocenters. The van der Waals surface area contributed by atoms with Crippen LogP contribution in [-0.4, -0.2) is 51.6 Å². The van der Waals surface area contributed by atoms with Crippen LogP contribution in [0.2, 0.25) is 0 Å². The van der Waals surface area contributed by atoms with Crippen LogP contribution in [0.1, 0.15) is 31.2 Å². The number of rotatable bonds is 4. The third kappa shape index (κ3) is 3.47. The summed E-state index contributed by atoms with van der Waals surface area (Å²) in [5, 5.41) is 12.3. The number of halogens is 2. The molecular weight excluding hydrogens is 384 g/mol. The second kappa shape index (κ2) is 6.39. The average Bonchev–Trinajstić information content (AvgIpc) is 3.30. The molecule has 3 fully saturated rings. The van der Waals surface area contributed by atoms with E-state index in [1.807, 2.05) is 11.0 Å². The second-order valence-corrected chi connectivity index (χ2v) is 7.56. The number of amides is 3. The van der Waals surface area contributed by atoms with Crippen LogP contribution in [0.5, 0.6) is 0 Å². The molecule has 0 spiro atoms. The molecule has 0 atom stereocenters. The monoisotopic (exact) mass is 403 g/mol. The molecule has 3 aliphatic rings. The highest BCUT2D eigenvalue weighted by Crippen LogP contribution is 2.32. The molecule has 1 aliphatic carbocycles. The van der Waals surface area contributed by atoms with Gasteiger partial charge in [-0.25, -0.2) is 18.6 Å². The maximum Gasteiger partial charge on any atom is 0.326 e. The molecule has 1 saturated carbocycles. The summed E-state index contributed by atoms with van der Waals surface area (Å²) in [7, 11) is 0. The van der Waals surface area contributed by atoms with E-state index < -0.39 is 17.9 Å². The number of alkyl halides is 2. The van der Waals surface area contributed by atoms with Gasteiger partial charge in [-0.2, -0.15) is 9.61 Å². The molecule has 2 aromatic rings. The summed E-state index contributed by atoms with van der Waals surface area (Å²) in [6, 6.07) is 1.59. The fraction of sp³-hybridized carbons (Fsp3) is 0.444. The highest BCUT2D eigenvalue weighted by molar-refractivity contribution is 6.14. The maximum absolute atomic E-state index is 13.6. The lowest BCUT2D eigenvalue weighted by molar-refractivity contribution is -0.115. The van der Waals surface area contributed by atoms with Crippen molar-refractivity contribution in [2.24, 2.45) is 0 Å². The summed E-state index contributed by atoms with van der Waals surface area (Å²) in [6.45, 7) is 0.421. The van der Waals surface area contributed by atoms with E-state index in [0.29, 0.717) is 23.1 Å². The molecule has 3 N–H and O–H groups in total. The lowest BCUT2D eigenvalue weighted by Gasteiger charge is -2.32. The first-order valence-electron chi connectivity index (χ1n) is 9.50. The lowest BCUT2D eigenvalue weighted by Crippen LogP contribution is -2.39. The molecule has 0 aromatic carbocycles. The fourth-order valence-electron chi connectivity index (χ4n) is 3.47. The molecule has 152 valence electrons. The Morgan fingerprint density at radius 1 is 1.21 bits per heavy atom. The van der Waals surface area contributed by atoms with Gasteiger partial charge in [0.2, 0.25) is 0 Å². The molecule has 29 heavy (non-hydrogen) atoms. The van der Waals surface area contributed by atoms with Gasteiger partial charge >= 0.3 is 6.03 Å². The maximum atomic E-state index is 13.6. The Hall–Kier alpha value is -3.24. The molecule has 11 heteroatoms. The summed E-state index contributed by atoms with van der Waals surface area (Å²) >= 11 is 0. The number of fused-ring (bicyclic) bond motifs is 1. The predicted molar refractivity (Wildman–Crippen MR) is 101 cm³/mol. The van der Waals surface area contributed by atoms with Crippen molar-refractivity contribution in [3.8, 4) is 0 Å². The summed E-state index contributed by atoms with van der Waals surface area (Å²) < 4.78 is 28.8. The normalized spacial score (nSPS) is 22.8. The van der Waals surface area contributed by atoms with E-state index in [1.54, 1.807) is 10.7 Å².